The van der Waals surface area contributed by atoms with Crippen LogP contribution in [0.5, 0.6) is 5.75 Å². The molecule has 134 valence electrons. The summed E-state index contributed by atoms with van der Waals surface area (Å²) in [4.78, 5) is 12.3. The van der Waals surface area contributed by atoms with Crippen molar-refractivity contribution >= 4 is 23.2 Å². The number of benzene rings is 2. The number of anilines is 1. The van der Waals surface area contributed by atoms with E-state index in [-0.39, 0.29) is 30.2 Å². The molecule has 4 nitrogen and oxygen atoms in total. The highest BCUT2D eigenvalue weighted by Crippen LogP contribution is 2.35. The van der Waals surface area contributed by atoms with Gasteiger partial charge in [0, 0.05) is 17.7 Å². The minimum Gasteiger partial charge on any atom is -0.489 e. The lowest BCUT2D eigenvalue weighted by molar-refractivity contribution is -0.137. The largest absolute Gasteiger partial charge is 0.489 e. The van der Waals surface area contributed by atoms with Crippen molar-refractivity contribution < 1.29 is 27.4 Å². The molecule has 0 saturated carbocycles. The highest BCUT2D eigenvalue weighted by molar-refractivity contribution is 6.30. The van der Waals surface area contributed by atoms with E-state index in [1.54, 1.807) is 0 Å². The van der Waals surface area contributed by atoms with Crippen LogP contribution >= 0.6 is 11.6 Å². The number of amides is 1. The molecule has 0 aliphatic rings. The van der Waals surface area contributed by atoms with Crippen molar-refractivity contribution in [2.24, 2.45) is 0 Å². The number of carbonyl (C=O) groups is 1. The van der Waals surface area contributed by atoms with Gasteiger partial charge in [0.1, 0.15) is 12.4 Å². The minimum atomic E-state index is -4.54. The summed E-state index contributed by atoms with van der Waals surface area (Å²) in [7, 11) is 1.47. The van der Waals surface area contributed by atoms with E-state index in [0.29, 0.717) is 5.02 Å². The number of hydrogen-bond acceptors (Lipinski definition) is 3. The molecule has 0 fully saturated rings. The molecule has 2 aromatic carbocycles. The van der Waals surface area contributed by atoms with Crippen molar-refractivity contribution in [1.82, 2.24) is 0 Å². The van der Waals surface area contributed by atoms with Gasteiger partial charge in [-0.15, -0.1) is 0 Å². The monoisotopic (exact) mass is 373 g/mol. The zero-order valence-electron chi connectivity index (χ0n) is 13.2. The summed E-state index contributed by atoms with van der Waals surface area (Å²) in [6, 6.07) is 8.84. The molecule has 0 aliphatic heterocycles. The lowest BCUT2D eigenvalue weighted by Gasteiger charge is -2.15. The third-order valence-corrected chi connectivity index (χ3v) is 3.46. The van der Waals surface area contributed by atoms with Crippen LogP contribution in [0, 0.1) is 0 Å². The van der Waals surface area contributed by atoms with Crippen LogP contribution in [0.25, 0.3) is 0 Å². The lowest BCUT2D eigenvalue weighted by Crippen LogP contribution is -2.15. The Bertz CT molecular complexity index is 733. The van der Waals surface area contributed by atoms with Crippen LogP contribution in [0.2, 0.25) is 5.02 Å². The maximum atomic E-state index is 12.9. The molecule has 0 aromatic heterocycles. The first-order valence-corrected chi connectivity index (χ1v) is 7.59. The summed E-state index contributed by atoms with van der Waals surface area (Å²) < 4.78 is 49.0. The Morgan fingerprint density at radius 3 is 2.40 bits per heavy atom. The molecule has 0 bridgehead atoms. The fourth-order valence-corrected chi connectivity index (χ4v) is 2.09. The summed E-state index contributed by atoms with van der Waals surface area (Å²) in [5.74, 6) is -0.458. The normalized spacial score (nSPS) is 11.2. The number of rotatable bonds is 6. The maximum Gasteiger partial charge on any atom is 0.416 e. The van der Waals surface area contributed by atoms with E-state index < -0.39 is 17.6 Å². The topological polar surface area (TPSA) is 47.6 Å². The summed E-state index contributed by atoms with van der Waals surface area (Å²) in [6.45, 7) is 0.386. The average Bonchev–Trinajstić information content (AvgIpc) is 2.56. The number of ether oxygens (including phenoxy) is 2. The molecule has 0 spiro atoms. The molecular formula is C17H15ClF3NO3. The first-order valence-electron chi connectivity index (χ1n) is 7.21. The van der Waals surface area contributed by atoms with Gasteiger partial charge in [-0.1, -0.05) is 11.6 Å². The van der Waals surface area contributed by atoms with Crippen LogP contribution in [-0.2, 0) is 10.9 Å². The average molecular weight is 374 g/mol. The zero-order valence-corrected chi connectivity index (χ0v) is 13.9. The van der Waals surface area contributed by atoms with E-state index in [9.17, 15) is 18.0 Å². The molecule has 1 N–H and O–H groups in total. The number of nitrogens with one attached hydrogen (secondary N) is 1. The third kappa shape index (κ3) is 5.37. The first-order chi connectivity index (χ1) is 11.8. The standard InChI is InChI=1S/C17H15ClF3NO3/c1-24-8-9-25-15-7-4-12(17(19,20)21)10-14(15)22-16(23)11-2-5-13(18)6-3-11/h2-7,10H,8-9H2,1H3,(H,22,23). The molecule has 1 amide bonds. The SMILES string of the molecule is COCCOc1ccc(C(F)(F)F)cc1NC(=O)c1ccc(Cl)cc1. The summed E-state index contributed by atoms with van der Waals surface area (Å²) >= 11 is 5.76. The number of halogens is 4. The van der Waals surface area contributed by atoms with Gasteiger partial charge in [0.05, 0.1) is 17.9 Å². The van der Waals surface area contributed by atoms with Crippen LogP contribution in [0.15, 0.2) is 42.5 Å². The molecule has 0 atom stereocenters. The second kappa shape index (κ2) is 8.22. The van der Waals surface area contributed by atoms with Gasteiger partial charge < -0.3 is 14.8 Å². The number of hydrogen-bond donors (Lipinski definition) is 1. The fourth-order valence-electron chi connectivity index (χ4n) is 1.96. The molecule has 8 heteroatoms. The Hall–Kier alpha value is -2.25. The van der Waals surface area contributed by atoms with Gasteiger partial charge in [-0.3, -0.25) is 4.79 Å². The second-order valence-electron chi connectivity index (χ2n) is 5.01. The molecule has 2 rings (SSSR count). The predicted octanol–water partition coefficient (Wildman–Crippen LogP) is 4.64. The Labute approximate surface area is 147 Å². The minimum absolute atomic E-state index is 0.0779. The first kappa shape index (κ1) is 19.1. The Kier molecular flexibility index (Phi) is 6.27. The Morgan fingerprint density at radius 2 is 1.80 bits per heavy atom. The van der Waals surface area contributed by atoms with Gasteiger partial charge in [-0.2, -0.15) is 13.2 Å². The molecule has 0 radical (unpaired) electrons. The van der Waals surface area contributed by atoms with Crippen molar-refractivity contribution in [3.8, 4) is 5.75 Å². The molecular weight excluding hydrogens is 359 g/mol. The maximum absolute atomic E-state index is 12.9. The zero-order chi connectivity index (χ0) is 18.4. The van der Waals surface area contributed by atoms with Crippen molar-refractivity contribution in [1.29, 1.82) is 0 Å². The van der Waals surface area contributed by atoms with Crippen LogP contribution < -0.4 is 10.1 Å². The quantitative estimate of drug-likeness (QED) is 0.751. The summed E-state index contributed by atoms with van der Waals surface area (Å²) in [6.07, 6.45) is -4.54. The third-order valence-electron chi connectivity index (χ3n) is 3.21. The summed E-state index contributed by atoms with van der Waals surface area (Å²) in [5, 5.41) is 2.88. The van der Waals surface area contributed by atoms with Crippen LogP contribution in [0.1, 0.15) is 15.9 Å². The van der Waals surface area contributed by atoms with Crippen LogP contribution in [0.3, 0.4) is 0 Å². The molecule has 0 unspecified atom stereocenters. The van der Waals surface area contributed by atoms with Gasteiger partial charge in [-0.25, -0.2) is 0 Å². The lowest BCUT2D eigenvalue weighted by atomic mass is 10.1. The molecule has 0 aliphatic carbocycles. The fraction of sp³-hybridized carbons (Fsp3) is 0.235. The second-order valence-corrected chi connectivity index (χ2v) is 5.45. The highest BCUT2D eigenvalue weighted by Gasteiger charge is 2.31. The number of carbonyl (C=O) groups excluding carboxylic acids is 1. The van der Waals surface area contributed by atoms with Crippen LogP contribution in [-0.4, -0.2) is 26.2 Å². The molecule has 2 aromatic rings. The van der Waals surface area contributed by atoms with E-state index in [0.717, 1.165) is 18.2 Å². The van der Waals surface area contributed by atoms with Crippen LogP contribution in [0.4, 0.5) is 18.9 Å². The Balaban J connectivity index is 2.27. The van der Waals surface area contributed by atoms with Gasteiger partial charge in [0.2, 0.25) is 0 Å². The number of alkyl halides is 3. The van der Waals surface area contributed by atoms with Gasteiger partial charge in [0.15, 0.2) is 0 Å². The van der Waals surface area contributed by atoms with E-state index >= 15 is 0 Å². The summed E-state index contributed by atoms with van der Waals surface area (Å²) in [5.41, 5.74) is -0.714. The van der Waals surface area contributed by atoms with Crippen molar-refractivity contribution in [3.05, 3.63) is 58.6 Å². The van der Waals surface area contributed by atoms with E-state index in [1.807, 2.05) is 0 Å². The van der Waals surface area contributed by atoms with E-state index in [1.165, 1.54) is 31.4 Å². The van der Waals surface area contributed by atoms with Gasteiger partial charge in [0.25, 0.3) is 5.91 Å². The van der Waals surface area contributed by atoms with Crippen molar-refractivity contribution in [3.63, 3.8) is 0 Å². The molecule has 25 heavy (non-hydrogen) atoms. The molecule has 0 heterocycles. The van der Waals surface area contributed by atoms with Gasteiger partial charge in [-0.05, 0) is 42.5 Å². The Morgan fingerprint density at radius 1 is 1.12 bits per heavy atom. The van der Waals surface area contributed by atoms with Crippen molar-refractivity contribution in [2.45, 2.75) is 6.18 Å². The predicted molar refractivity (Wildman–Crippen MR) is 88.2 cm³/mol. The number of methoxy groups -OCH3 is 1. The van der Waals surface area contributed by atoms with Gasteiger partial charge >= 0.3 is 6.18 Å². The van der Waals surface area contributed by atoms with Crippen molar-refractivity contribution in [2.75, 3.05) is 25.6 Å². The smallest absolute Gasteiger partial charge is 0.416 e. The van der Waals surface area contributed by atoms with E-state index in [2.05, 4.69) is 5.32 Å². The van der Waals surface area contributed by atoms with E-state index in [4.69, 9.17) is 21.1 Å². The molecule has 0 saturated heterocycles. The highest BCUT2D eigenvalue weighted by atomic mass is 35.5.